The molecule has 62 valence electrons. The standard InChI is InChI=1S/C9H11N3/c1-12-4-2-3-8(7-12)9-5-10-11-6-9/h2-6H,7H2,1H3,(H,10,11). The Morgan fingerprint density at radius 3 is 3.17 bits per heavy atom. The second kappa shape index (κ2) is 2.85. The number of nitrogens with one attached hydrogen (secondary N) is 1. The third kappa shape index (κ3) is 1.25. The first kappa shape index (κ1) is 7.16. The highest BCUT2D eigenvalue weighted by molar-refractivity contribution is 5.68. The average molecular weight is 161 g/mol. The van der Waals surface area contributed by atoms with Crippen molar-refractivity contribution in [3.8, 4) is 0 Å². The molecular weight excluding hydrogens is 150 g/mol. The second-order valence-corrected chi connectivity index (χ2v) is 2.94. The minimum Gasteiger partial charge on any atom is -0.376 e. The lowest BCUT2D eigenvalue weighted by atomic mass is 10.1. The highest BCUT2D eigenvalue weighted by Gasteiger charge is 2.06. The van der Waals surface area contributed by atoms with Crippen molar-refractivity contribution in [1.82, 2.24) is 15.1 Å². The van der Waals surface area contributed by atoms with Crippen molar-refractivity contribution in [3.63, 3.8) is 0 Å². The third-order valence-electron chi connectivity index (χ3n) is 1.93. The maximum absolute atomic E-state index is 3.91. The topological polar surface area (TPSA) is 31.9 Å². The first-order valence-electron chi connectivity index (χ1n) is 3.93. The fourth-order valence-corrected chi connectivity index (χ4v) is 1.29. The molecular formula is C9H11N3. The van der Waals surface area contributed by atoms with Crippen molar-refractivity contribution in [2.75, 3.05) is 13.6 Å². The highest BCUT2D eigenvalue weighted by Crippen LogP contribution is 2.16. The molecule has 0 aromatic carbocycles. The fourth-order valence-electron chi connectivity index (χ4n) is 1.29. The molecule has 0 saturated heterocycles. The lowest BCUT2D eigenvalue weighted by Crippen LogP contribution is -2.15. The summed E-state index contributed by atoms with van der Waals surface area (Å²) in [7, 11) is 2.06. The summed E-state index contributed by atoms with van der Waals surface area (Å²) >= 11 is 0. The Morgan fingerprint density at radius 2 is 2.50 bits per heavy atom. The van der Waals surface area contributed by atoms with Gasteiger partial charge >= 0.3 is 0 Å². The normalized spacial score (nSPS) is 16.4. The van der Waals surface area contributed by atoms with Crippen LogP contribution < -0.4 is 0 Å². The summed E-state index contributed by atoms with van der Waals surface area (Å²) in [5.74, 6) is 0. The number of H-pyrrole nitrogens is 1. The van der Waals surface area contributed by atoms with Crippen molar-refractivity contribution in [3.05, 3.63) is 36.3 Å². The Bertz CT molecular complexity index is 309. The van der Waals surface area contributed by atoms with E-state index in [0.717, 1.165) is 6.54 Å². The molecule has 1 aromatic heterocycles. The smallest absolute Gasteiger partial charge is 0.0563 e. The zero-order valence-corrected chi connectivity index (χ0v) is 6.99. The van der Waals surface area contributed by atoms with Crippen LogP contribution in [-0.2, 0) is 0 Å². The van der Waals surface area contributed by atoms with Gasteiger partial charge in [-0.15, -0.1) is 0 Å². The lowest BCUT2D eigenvalue weighted by molar-refractivity contribution is 0.512. The number of nitrogens with zero attached hydrogens (tertiary/aromatic N) is 2. The van der Waals surface area contributed by atoms with Crippen LogP contribution in [0.25, 0.3) is 5.57 Å². The fraction of sp³-hybridized carbons (Fsp3) is 0.222. The van der Waals surface area contributed by atoms with E-state index < -0.39 is 0 Å². The Morgan fingerprint density at radius 1 is 1.58 bits per heavy atom. The molecule has 0 fully saturated rings. The lowest BCUT2D eigenvalue weighted by Gasteiger charge is -2.18. The van der Waals surface area contributed by atoms with E-state index in [-0.39, 0.29) is 0 Å². The van der Waals surface area contributed by atoms with Gasteiger partial charge in [0.2, 0.25) is 0 Å². The Kier molecular flexibility index (Phi) is 1.70. The number of hydrogen-bond acceptors (Lipinski definition) is 2. The molecule has 1 aliphatic heterocycles. The monoisotopic (exact) mass is 161 g/mol. The van der Waals surface area contributed by atoms with Gasteiger partial charge in [0.1, 0.15) is 0 Å². The van der Waals surface area contributed by atoms with Crippen LogP contribution in [0.5, 0.6) is 0 Å². The van der Waals surface area contributed by atoms with Crippen LogP contribution in [0.1, 0.15) is 5.56 Å². The van der Waals surface area contributed by atoms with Crippen LogP contribution in [0.2, 0.25) is 0 Å². The molecule has 1 aromatic rings. The Balaban J connectivity index is 2.26. The van der Waals surface area contributed by atoms with Crippen LogP contribution in [0.4, 0.5) is 0 Å². The predicted octanol–water partition coefficient (Wildman–Crippen LogP) is 1.25. The molecule has 3 nitrogen and oxygen atoms in total. The molecule has 0 amide bonds. The molecule has 0 unspecified atom stereocenters. The van der Waals surface area contributed by atoms with Crippen LogP contribution in [-0.4, -0.2) is 28.7 Å². The number of allylic oxidation sites excluding steroid dienone is 2. The highest BCUT2D eigenvalue weighted by atomic mass is 15.1. The quantitative estimate of drug-likeness (QED) is 0.672. The van der Waals surface area contributed by atoms with Crippen molar-refractivity contribution in [2.45, 2.75) is 0 Å². The van der Waals surface area contributed by atoms with Gasteiger partial charge in [-0.2, -0.15) is 5.10 Å². The van der Waals surface area contributed by atoms with Gasteiger partial charge in [-0.25, -0.2) is 0 Å². The minimum absolute atomic E-state index is 0.954. The van der Waals surface area contributed by atoms with Gasteiger partial charge in [0.15, 0.2) is 0 Å². The summed E-state index contributed by atoms with van der Waals surface area (Å²) in [5.41, 5.74) is 2.47. The van der Waals surface area contributed by atoms with Gasteiger partial charge < -0.3 is 4.90 Å². The predicted molar refractivity (Wildman–Crippen MR) is 48.3 cm³/mol. The SMILES string of the molecule is CN1C=CC=C(c2cn[nH]c2)C1. The van der Waals surface area contributed by atoms with Gasteiger partial charge in [-0.05, 0) is 17.8 Å². The summed E-state index contributed by atoms with van der Waals surface area (Å²) in [5, 5.41) is 6.72. The number of aromatic amines is 1. The average Bonchev–Trinajstić information content (AvgIpc) is 2.56. The zero-order valence-electron chi connectivity index (χ0n) is 6.99. The molecule has 0 atom stereocenters. The van der Waals surface area contributed by atoms with E-state index in [1.807, 2.05) is 18.5 Å². The number of rotatable bonds is 1. The number of aromatic nitrogens is 2. The third-order valence-corrected chi connectivity index (χ3v) is 1.93. The molecule has 0 saturated carbocycles. The molecule has 0 aliphatic carbocycles. The molecule has 1 aliphatic rings. The van der Waals surface area contributed by atoms with E-state index in [9.17, 15) is 0 Å². The van der Waals surface area contributed by atoms with Crippen molar-refractivity contribution in [2.24, 2.45) is 0 Å². The van der Waals surface area contributed by atoms with Crippen LogP contribution in [0.3, 0.4) is 0 Å². The van der Waals surface area contributed by atoms with E-state index in [4.69, 9.17) is 0 Å². The first-order chi connectivity index (χ1) is 5.86. The van der Waals surface area contributed by atoms with Crippen LogP contribution >= 0.6 is 0 Å². The summed E-state index contributed by atoms with van der Waals surface area (Å²) in [4.78, 5) is 2.14. The minimum atomic E-state index is 0.954. The van der Waals surface area contributed by atoms with Gasteiger partial charge in [0.25, 0.3) is 0 Å². The maximum atomic E-state index is 3.91. The van der Waals surface area contributed by atoms with Crippen molar-refractivity contribution < 1.29 is 0 Å². The first-order valence-corrected chi connectivity index (χ1v) is 3.93. The van der Waals surface area contributed by atoms with Crippen molar-refractivity contribution >= 4 is 5.57 Å². The molecule has 12 heavy (non-hydrogen) atoms. The van der Waals surface area contributed by atoms with E-state index in [1.54, 1.807) is 0 Å². The number of likely N-dealkylation sites (N-methyl/N-ethyl adjacent to an activating group) is 1. The summed E-state index contributed by atoms with van der Waals surface area (Å²) in [6.45, 7) is 0.954. The molecule has 1 N–H and O–H groups in total. The van der Waals surface area contributed by atoms with Gasteiger partial charge in [-0.3, -0.25) is 5.10 Å². The van der Waals surface area contributed by atoms with E-state index in [1.165, 1.54) is 11.1 Å². The summed E-state index contributed by atoms with van der Waals surface area (Å²) < 4.78 is 0. The van der Waals surface area contributed by atoms with E-state index >= 15 is 0 Å². The van der Waals surface area contributed by atoms with Crippen LogP contribution in [0, 0.1) is 0 Å². The molecule has 0 spiro atoms. The molecule has 2 rings (SSSR count). The van der Waals surface area contributed by atoms with E-state index in [2.05, 4.69) is 34.4 Å². The second-order valence-electron chi connectivity index (χ2n) is 2.94. The molecule has 0 bridgehead atoms. The van der Waals surface area contributed by atoms with E-state index in [0.29, 0.717) is 0 Å². The largest absolute Gasteiger partial charge is 0.376 e. The number of hydrogen-bond donors (Lipinski definition) is 1. The van der Waals surface area contributed by atoms with Crippen LogP contribution in [0.15, 0.2) is 30.7 Å². The summed E-state index contributed by atoms with van der Waals surface area (Å²) in [6, 6.07) is 0. The summed E-state index contributed by atoms with van der Waals surface area (Å²) in [6.07, 6.45) is 9.98. The molecule has 2 heterocycles. The molecule has 3 heteroatoms. The van der Waals surface area contributed by atoms with Gasteiger partial charge in [0, 0.05) is 25.4 Å². The zero-order chi connectivity index (χ0) is 8.39. The van der Waals surface area contributed by atoms with Gasteiger partial charge in [-0.1, -0.05) is 6.08 Å². The van der Waals surface area contributed by atoms with Crippen molar-refractivity contribution in [1.29, 1.82) is 0 Å². The maximum Gasteiger partial charge on any atom is 0.0563 e. The van der Waals surface area contributed by atoms with Gasteiger partial charge in [0.05, 0.1) is 6.20 Å². The Labute approximate surface area is 71.4 Å². The molecule has 0 radical (unpaired) electrons. The Hall–Kier alpha value is -1.51.